The minimum Gasteiger partial charge on any atom is -0.310 e. The molecule has 0 spiro atoms. The molecule has 0 unspecified atom stereocenters. The Morgan fingerprint density at radius 2 is 0.857 bits per heavy atom. The third-order valence-electron chi connectivity index (χ3n) is 11.2. The highest BCUT2D eigenvalue weighted by Gasteiger charge is 2.17. The second-order valence-corrected chi connectivity index (χ2v) is 15.6. The van der Waals surface area contributed by atoms with Crippen LogP contribution in [0.3, 0.4) is 0 Å². The Kier molecular flexibility index (Phi) is 7.75. The van der Waals surface area contributed by atoms with Crippen molar-refractivity contribution in [1.82, 2.24) is 0 Å². The molecule has 0 N–H and O–H groups in total. The second kappa shape index (κ2) is 13.4. The summed E-state index contributed by atoms with van der Waals surface area (Å²) in [6.45, 7) is 0. The standard InChI is InChI=1S/C54H35NS/c1-2-12-39-33-41(24-23-36(39)11-1)40-14-9-15-45(34-40)55(43-29-25-37(26-30-43)47-20-10-22-53-54(47)50-19-7-8-21-52(50)56-53)44-31-27-38(28-32-44)51-35-42-13-3-4-16-46(42)48-17-5-6-18-49(48)51/h1-35H. The molecule has 11 aromatic rings. The van der Waals surface area contributed by atoms with Crippen molar-refractivity contribution < 1.29 is 0 Å². The Morgan fingerprint density at radius 3 is 1.64 bits per heavy atom. The molecule has 0 fully saturated rings. The number of fused-ring (bicyclic) bond motifs is 7. The van der Waals surface area contributed by atoms with E-state index < -0.39 is 0 Å². The van der Waals surface area contributed by atoms with E-state index in [9.17, 15) is 0 Å². The van der Waals surface area contributed by atoms with E-state index in [2.05, 4.69) is 217 Å². The Hall–Kier alpha value is -7.00. The summed E-state index contributed by atoms with van der Waals surface area (Å²) in [5, 5.41) is 10.2. The van der Waals surface area contributed by atoms with Gasteiger partial charge in [-0.2, -0.15) is 0 Å². The van der Waals surface area contributed by atoms with E-state index in [0.29, 0.717) is 0 Å². The van der Waals surface area contributed by atoms with Crippen LogP contribution in [0.5, 0.6) is 0 Å². The quantitative estimate of drug-likeness (QED) is 0.154. The lowest BCUT2D eigenvalue weighted by Crippen LogP contribution is -2.10. The summed E-state index contributed by atoms with van der Waals surface area (Å²) in [4.78, 5) is 2.39. The van der Waals surface area contributed by atoms with Crippen LogP contribution < -0.4 is 4.90 Å². The number of benzene rings is 10. The van der Waals surface area contributed by atoms with Crippen molar-refractivity contribution in [2.24, 2.45) is 0 Å². The van der Waals surface area contributed by atoms with Crippen LogP contribution in [0.2, 0.25) is 0 Å². The Labute approximate surface area is 330 Å². The summed E-state index contributed by atoms with van der Waals surface area (Å²) in [6.07, 6.45) is 0. The van der Waals surface area contributed by atoms with Crippen LogP contribution in [0.15, 0.2) is 212 Å². The zero-order chi connectivity index (χ0) is 37.0. The Morgan fingerprint density at radius 1 is 0.286 bits per heavy atom. The highest BCUT2D eigenvalue weighted by molar-refractivity contribution is 7.25. The topological polar surface area (TPSA) is 3.24 Å². The molecule has 0 radical (unpaired) electrons. The van der Waals surface area contributed by atoms with Gasteiger partial charge in [0.15, 0.2) is 0 Å². The van der Waals surface area contributed by atoms with Gasteiger partial charge in [0, 0.05) is 37.2 Å². The van der Waals surface area contributed by atoms with Crippen molar-refractivity contribution in [3.63, 3.8) is 0 Å². The number of nitrogens with zero attached hydrogens (tertiary/aromatic N) is 1. The summed E-state index contributed by atoms with van der Waals surface area (Å²) in [5.41, 5.74) is 10.6. The summed E-state index contributed by atoms with van der Waals surface area (Å²) in [6, 6.07) is 77.7. The Balaban J connectivity index is 1.04. The van der Waals surface area contributed by atoms with E-state index in [1.807, 2.05) is 11.3 Å². The molecule has 1 heterocycles. The van der Waals surface area contributed by atoms with Crippen molar-refractivity contribution in [1.29, 1.82) is 0 Å². The van der Waals surface area contributed by atoms with Gasteiger partial charge in [-0.15, -0.1) is 11.3 Å². The zero-order valence-corrected chi connectivity index (χ0v) is 31.4. The molecule has 0 saturated carbocycles. The molecule has 56 heavy (non-hydrogen) atoms. The zero-order valence-electron chi connectivity index (χ0n) is 30.6. The minimum absolute atomic E-state index is 1.10. The first-order valence-corrected chi connectivity index (χ1v) is 20.0. The fraction of sp³-hybridized carbons (Fsp3) is 0. The van der Waals surface area contributed by atoms with Crippen LogP contribution in [0.1, 0.15) is 0 Å². The first-order valence-electron chi connectivity index (χ1n) is 19.2. The smallest absolute Gasteiger partial charge is 0.0467 e. The van der Waals surface area contributed by atoms with Gasteiger partial charge >= 0.3 is 0 Å². The molecular formula is C54H35NS. The maximum Gasteiger partial charge on any atom is 0.0467 e. The normalized spacial score (nSPS) is 11.6. The van der Waals surface area contributed by atoms with E-state index in [0.717, 1.165) is 17.1 Å². The largest absolute Gasteiger partial charge is 0.310 e. The van der Waals surface area contributed by atoms with Crippen LogP contribution in [-0.4, -0.2) is 0 Å². The molecule has 10 aromatic carbocycles. The molecule has 1 nitrogen and oxygen atoms in total. The first kappa shape index (κ1) is 32.4. The van der Waals surface area contributed by atoms with Crippen LogP contribution in [0.25, 0.3) is 85.9 Å². The molecule has 0 amide bonds. The van der Waals surface area contributed by atoms with E-state index in [1.54, 1.807) is 0 Å². The molecule has 2 heteroatoms. The van der Waals surface area contributed by atoms with E-state index >= 15 is 0 Å². The van der Waals surface area contributed by atoms with Gasteiger partial charge in [0.25, 0.3) is 0 Å². The third kappa shape index (κ3) is 5.54. The summed E-state index contributed by atoms with van der Waals surface area (Å²) in [5.74, 6) is 0. The average Bonchev–Trinajstić information content (AvgIpc) is 3.66. The monoisotopic (exact) mass is 729 g/mol. The molecular weight excluding hydrogens is 695 g/mol. The van der Waals surface area contributed by atoms with E-state index in [4.69, 9.17) is 0 Å². The predicted molar refractivity (Wildman–Crippen MR) is 243 cm³/mol. The highest BCUT2D eigenvalue weighted by atomic mass is 32.1. The van der Waals surface area contributed by atoms with Crippen molar-refractivity contribution >= 4 is 80.9 Å². The Bertz CT molecular complexity index is 3250. The minimum atomic E-state index is 1.10. The fourth-order valence-corrected chi connectivity index (χ4v) is 9.66. The van der Waals surface area contributed by atoms with Gasteiger partial charge in [0.2, 0.25) is 0 Å². The number of hydrogen-bond donors (Lipinski definition) is 0. The molecule has 0 aliphatic carbocycles. The van der Waals surface area contributed by atoms with Gasteiger partial charge in [0.1, 0.15) is 0 Å². The molecule has 0 atom stereocenters. The lowest BCUT2D eigenvalue weighted by molar-refractivity contribution is 1.28. The van der Waals surface area contributed by atoms with Gasteiger partial charge in [-0.3, -0.25) is 0 Å². The fourth-order valence-electron chi connectivity index (χ4n) is 8.53. The molecule has 262 valence electrons. The van der Waals surface area contributed by atoms with Crippen molar-refractivity contribution in [3.8, 4) is 33.4 Å². The number of hydrogen-bond acceptors (Lipinski definition) is 2. The average molecular weight is 730 g/mol. The van der Waals surface area contributed by atoms with Crippen LogP contribution in [0.4, 0.5) is 17.1 Å². The molecule has 0 aliphatic rings. The van der Waals surface area contributed by atoms with E-state index in [-0.39, 0.29) is 0 Å². The van der Waals surface area contributed by atoms with Gasteiger partial charge < -0.3 is 4.90 Å². The lowest BCUT2D eigenvalue weighted by atomic mass is 9.93. The first-order chi connectivity index (χ1) is 27.7. The van der Waals surface area contributed by atoms with Gasteiger partial charge in [-0.05, 0) is 126 Å². The molecule has 0 bridgehead atoms. The number of rotatable bonds is 6. The summed E-state index contributed by atoms with van der Waals surface area (Å²) < 4.78 is 2.64. The lowest BCUT2D eigenvalue weighted by Gasteiger charge is -2.26. The number of anilines is 3. The third-order valence-corrected chi connectivity index (χ3v) is 12.4. The van der Waals surface area contributed by atoms with Gasteiger partial charge in [-0.25, -0.2) is 0 Å². The van der Waals surface area contributed by atoms with Gasteiger partial charge in [0.05, 0.1) is 0 Å². The molecule has 0 saturated heterocycles. The molecule has 1 aromatic heterocycles. The van der Waals surface area contributed by atoms with Crippen molar-refractivity contribution in [2.45, 2.75) is 0 Å². The molecule has 0 aliphatic heterocycles. The van der Waals surface area contributed by atoms with Crippen molar-refractivity contribution in [2.75, 3.05) is 4.90 Å². The molecule has 11 rings (SSSR count). The van der Waals surface area contributed by atoms with Crippen molar-refractivity contribution in [3.05, 3.63) is 212 Å². The summed E-state index contributed by atoms with van der Waals surface area (Å²) in [7, 11) is 0. The predicted octanol–water partition coefficient (Wildman–Crippen LogP) is 16.0. The van der Waals surface area contributed by atoms with Crippen LogP contribution >= 0.6 is 11.3 Å². The SMILES string of the molecule is c1cc(-c2ccc3ccccc3c2)cc(N(c2ccc(-c3cc4ccccc4c4ccccc34)cc2)c2ccc(-c3cccc4sc5ccccc5c34)cc2)c1. The maximum atomic E-state index is 2.39. The van der Waals surface area contributed by atoms with E-state index in [1.165, 1.54) is 85.9 Å². The maximum absolute atomic E-state index is 2.39. The van der Waals surface area contributed by atoms with Gasteiger partial charge in [-0.1, -0.05) is 152 Å². The van der Waals surface area contributed by atoms with Crippen LogP contribution in [-0.2, 0) is 0 Å². The second-order valence-electron chi connectivity index (χ2n) is 14.5. The highest BCUT2D eigenvalue weighted by Crippen LogP contribution is 2.43. The number of thiophene rings is 1. The van der Waals surface area contributed by atoms with Crippen LogP contribution in [0, 0.1) is 0 Å². The summed E-state index contributed by atoms with van der Waals surface area (Å²) >= 11 is 1.87.